The molecular weight excluding hydrogens is 260 g/mol. The average Bonchev–Trinajstić information content (AvgIpc) is 2.81. The summed E-state index contributed by atoms with van der Waals surface area (Å²) in [6, 6.07) is 0.475. The van der Waals surface area contributed by atoms with E-state index in [0.29, 0.717) is 11.5 Å². The average molecular weight is 288 g/mol. The lowest BCUT2D eigenvalue weighted by Gasteiger charge is -2.56. The van der Waals surface area contributed by atoms with Crippen LogP contribution in [0.1, 0.15) is 64.0 Å². The van der Waals surface area contributed by atoms with Gasteiger partial charge in [0.15, 0.2) is 0 Å². The molecule has 0 spiro atoms. The standard InChI is InChI=1S/C18H28N2O/c1-12(2)19-11-17-20-10-16(21-17)9-18-6-13-3-14(7-18)5-15(4-13)8-18/h10,12-15,19H,3-9,11H2,1-2H3. The number of nitrogens with one attached hydrogen (secondary N) is 1. The zero-order valence-corrected chi connectivity index (χ0v) is 13.4. The van der Waals surface area contributed by atoms with Crippen molar-refractivity contribution in [1.82, 2.24) is 10.3 Å². The minimum Gasteiger partial charge on any atom is -0.444 e. The van der Waals surface area contributed by atoms with E-state index in [-0.39, 0.29) is 0 Å². The van der Waals surface area contributed by atoms with Crippen molar-refractivity contribution in [2.75, 3.05) is 0 Å². The number of aromatic nitrogens is 1. The largest absolute Gasteiger partial charge is 0.444 e. The molecule has 0 saturated heterocycles. The van der Waals surface area contributed by atoms with Gasteiger partial charge in [0.1, 0.15) is 5.76 Å². The first-order valence-electron chi connectivity index (χ1n) is 8.77. The Bertz CT molecular complexity index is 470. The van der Waals surface area contributed by atoms with Gasteiger partial charge in [-0.15, -0.1) is 0 Å². The summed E-state index contributed by atoms with van der Waals surface area (Å²) in [5, 5.41) is 3.38. The second-order valence-electron chi connectivity index (χ2n) is 8.35. The molecule has 4 saturated carbocycles. The molecule has 3 nitrogen and oxygen atoms in total. The summed E-state index contributed by atoms with van der Waals surface area (Å²) in [6.07, 6.45) is 12.0. The molecule has 21 heavy (non-hydrogen) atoms. The minimum atomic E-state index is 0.475. The van der Waals surface area contributed by atoms with Crippen LogP contribution in [0.2, 0.25) is 0 Å². The number of hydrogen-bond donors (Lipinski definition) is 1. The van der Waals surface area contributed by atoms with Gasteiger partial charge in [-0.25, -0.2) is 4.98 Å². The predicted octanol–water partition coefficient (Wildman–Crippen LogP) is 3.93. The lowest BCUT2D eigenvalue weighted by molar-refractivity contribution is -0.0545. The van der Waals surface area contributed by atoms with Gasteiger partial charge in [0.05, 0.1) is 12.7 Å². The van der Waals surface area contributed by atoms with Gasteiger partial charge in [-0.05, 0) is 61.7 Å². The van der Waals surface area contributed by atoms with E-state index in [9.17, 15) is 0 Å². The number of nitrogens with zero attached hydrogens (tertiary/aromatic N) is 1. The highest BCUT2D eigenvalue weighted by molar-refractivity contribution is 5.07. The fourth-order valence-corrected chi connectivity index (χ4v) is 5.68. The van der Waals surface area contributed by atoms with E-state index in [2.05, 4.69) is 24.1 Å². The molecule has 1 N–H and O–H groups in total. The Hall–Kier alpha value is -0.830. The Morgan fingerprint density at radius 1 is 1.19 bits per heavy atom. The van der Waals surface area contributed by atoms with Crippen LogP contribution in [-0.4, -0.2) is 11.0 Å². The molecule has 4 bridgehead atoms. The highest BCUT2D eigenvalue weighted by Gasteiger charge is 2.51. The Balaban J connectivity index is 1.44. The lowest BCUT2D eigenvalue weighted by atomic mass is 9.49. The molecule has 0 aromatic carbocycles. The Kier molecular flexibility index (Phi) is 3.36. The van der Waals surface area contributed by atoms with E-state index in [1.54, 1.807) is 0 Å². The molecule has 0 radical (unpaired) electrons. The number of rotatable bonds is 5. The van der Waals surface area contributed by atoms with Crippen LogP contribution in [0, 0.1) is 23.2 Å². The maximum atomic E-state index is 6.00. The van der Waals surface area contributed by atoms with Crippen LogP contribution in [0.5, 0.6) is 0 Å². The molecule has 0 aliphatic heterocycles. The van der Waals surface area contributed by atoms with Gasteiger partial charge in [0, 0.05) is 12.5 Å². The molecule has 4 fully saturated rings. The van der Waals surface area contributed by atoms with E-state index < -0.39 is 0 Å². The van der Waals surface area contributed by atoms with Crippen molar-refractivity contribution in [2.45, 2.75) is 71.4 Å². The summed E-state index contributed by atoms with van der Waals surface area (Å²) in [5.74, 6) is 5.02. The van der Waals surface area contributed by atoms with Crippen LogP contribution in [0.3, 0.4) is 0 Å². The molecule has 1 aromatic rings. The highest BCUT2D eigenvalue weighted by atomic mass is 16.4. The normalized spacial score (nSPS) is 37.6. The van der Waals surface area contributed by atoms with Crippen LogP contribution < -0.4 is 5.32 Å². The van der Waals surface area contributed by atoms with Crippen LogP contribution in [0.15, 0.2) is 10.6 Å². The van der Waals surface area contributed by atoms with Gasteiger partial charge in [-0.1, -0.05) is 13.8 Å². The van der Waals surface area contributed by atoms with Crippen molar-refractivity contribution in [3.8, 4) is 0 Å². The SMILES string of the molecule is CC(C)NCc1ncc(CC23CC4CC(CC(C4)C2)C3)o1. The predicted molar refractivity (Wildman–Crippen MR) is 82.8 cm³/mol. The van der Waals surface area contributed by atoms with Gasteiger partial charge in [-0.2, -0.15) is 0 Å². The zero-order chi connectivity index (χ0) is 14.4. The third-order valence-electron chi connectivity index (χ3n) is 5.98. The van der Waals surface area contributed by atoms with Crippen molar-refractivity contribution in [2.24, 2.45) is 23.2 Å². The first kappa shape index (κ1) is 13.8. The molecule has 5 rings (SSSR count). The van der Waals surface area contributed by atoms with Crippen molar-refractivity contribution in [3.05, 3.63) is 17.8 Å². The Morgan fingerprint density at radius 3 is 2.38 bits per heavy atom. The Labute approximate surface area is 127 Å². The summed E-state index contributed by atoms with van der Waals surface area (Å²) in [6.45, 7) is 5.05. The second-order valence-corrected chi connectivity index (χ2v) is 8.35. The molecule has 1 aromatic heterocycles. The van der Waals surface area contributed by atoms with Gasteiger partial charge in [0.2, 0.25) is 5.89 Å². The first-order valence-corrected chi connectivity index (χ1v) is 8.77. The molecule has 4 aliphatic rings. The molecule has 0 amide bonds. The lowest BCUT2D eigenvalue weighted by Crippen LogP contribution is -2.46. The van der Waals surface area contributed by atoms with Crippen molar-refractivity contribution in [3.63, 3.8) is 0 Å². The van der Waals surface area contributed by atoms with E-state index in [0.717, 1.165) is 42.4 Å². The minimum absolute atomic E-state index is 0.475. The quantitative estimate of drug-likeness (QED) is 0.892. The van der Waals surface area contributed by atoms with Gasteiger partial charge in [-0.3, -0.25) is 0 Å². The summed E-state index contributed by atoms with van der Waals surface area (Å²) in [5.41, 5.74) is 0.553. The molecular formula is C18H28N2O. The van der Waals surface area contributed by atoms with Gasteiger partial charge < -0.3 is 9.73 Å². The number of hydrogen-bond acceptors (Lipinski definition) is 3. The molecule has 3 heteroatoms. The maximum Gasteiger partial charge on any atom is 0.208 e. The molecule has 0 atom stereocenters. The molecule has 4 aliphatic carbocycles. The summed E-state index contributed by atoms with van der Waals surface area (Å²) in [7, 11) is 0. The number of oxazole rings is 1. The van der Waals surface area contributed by atoms with Crippen LogP contribution in [0.25, 0.3) is 0 Å². The third kappa shape index (κ3) is 2.77. The summed E-state index contributed by atoms with van der Waals surface area (Å²) < 4.78 is 6.00. The van der Waals surface area contributed by atoms with Crippen LogP contribution in [-0.2, 0) is 13.0 Å². The van der Waals surface area contributed by atoms with Gasteiger partial charge >= 0.3 is 0 Å². The fourth-order valence-electron chi connectivity index (χ4n) is 5.68. The highest BCUT2D eigenvalue weighted by Crippen LogP contribution is 2.61. The van der Waals surface area contributed by atoms with E-state index in [1.807, 2.05) is 6.20 Å². The zero-order valence-electron chi connectivity index (χ0n) is 13.4. The van der Waals surface area contributed by atoms with Gasteiger partial charge in [0.25, 0.3) is 0 Å². The molecule has 116 valence electrons. The molecule has 1 heterocycles. The van der Waals surface area contributed by atoms with Crippen LogP contribution in [0.4, 0.5) is 0 Å². The van der Waals surface area contributed by atoms with E-state index in [4.69, 9.17) is 4.42 Å². The van der Waals surface area contributed by atoms with Crippen LogP contribution >= 0.6 is 0 Å². The third-order valence-corrected chi connectivity index (χ3v) is 5.98. The van der Waals surface area contributed by atoms with Crippen molar-refractivity contribution in [1.29, 1.82) is 0 Å². The first-order chi connectivity index (χ1) is 10.1. The van der Waals surface area contributed by atoms with Crippen molar-refractivity contribution >= 4 is 0 Å². The fraction of sp³-hybridized carbons (Fsp3) is 0.833. The monoisotopic (exact) mass is 288 g/mol. The van der Waals surface area contributed by atoms with Crippen molar-refractivity contribution < 1.29 is 4.42 Å². The maximum absolute atomic E-state index is 6.00. The summed E-state index contributed by atoms with van der Waals surface area (Å²) in [4.78, 5) is 4.46. The Morgan fingerprint density at radius 2 is 1.81 bits per heavy atom. The second kappa shape index (κ2) is 5.12. The van der Waals surface area contributed by atoms with E-state index >= 15 is 0 Å². The van der Waals surface area contributed by atoms with E-state index in [1.165, 1.54) is 38.5 Å². The topological polar surface area (TPSA) is 38.1 Å². The summed E-state index contributed by atoms with van der Waals surface area (Å²) >= 11 is 0. The smallest absolute Gasteiger partial charge is 0.208 e. The molecule has 0 unspecified atom stereocenters.